The third kappa shape index (κ3) is 5.71. The van der Waals surface area contributed by atoms with Gasteiger partial charge in [-0.2, -0.15) is 4.98 Å². The molecule has 1 aromatic heterocycles. The van der Waals surface area contributed by atoms with Crippen molar-refractivity contribution in [2.75, 3.05) is 13.2 Å². The lowest BCUT2D eigenvalue weighted by Gasteiger charge is -2.20. The highest BCUT2D eigenvalue weighted by molar-refractivity contribution is 5.78. The fraction of sp³-hybridized carbons (Fsp3) is 0.636. The van der Waals surface area contributed by atoms with Crippen LogP contribution in [-0.2, 0) is 4.79 Å². The number of nitrogens with zero attached hydrogens (tertiary/aromatic N) is 2. The van der Waals surface area contributed by atoms with E-state index in [1.165, 1.54) is 0 Å². The van der Waals surface area contributed by atoms with E-state index >= 15 is 0 Å². The lowest BCUT2D eigenvalue weighted by molar-refractivity contribution is -0.118. The summed E-state index contributed by atoms with van der Waals surface area (Å²) in [6.45, 7) is -1.18. The third-order valence-corrected chi connectivity index (χ3v) is 2.87. The van der Waals surface area contributed by atoms with Crippen LogP contribution in [0.5, 0.6) is 0 Å². The summed E-state index contributed by atoms with van der Waals surface area (Å²) in [5.74, 6) is -1.01. The van der Waals surface area contributed by atoms with Crippen LogP contribution in [0.15, 0.2) is 4.52 Å². The molecule has 13 nitrogen and oxygen atoms in total. The summed E-state index contributed by atoms with van der Waals surface area (Å²) in [5, 5.41) is 43.6. The normalized spacial score (nSPS) is 14.9. The van der Waals surface area contributed by atoms with Gasteiger partial charge >= 0.3 is 6.03 Å². The van der Waals surface area contributed by atoms with Gasteiger partial charge in [0.2, 0.25) is 11.8 Å². The number of aromatic nitrogens is 2. The van der Waals surface area contributed by atoms with Crippen molar-refractivity contribution < 1.29 is 34.5 Å². The van der Waals surface area contributed by atoms with Gasteiger partial charge < -0.3 is 47.1 Å². The minimum atomic E-state index is -1.99. The standard InChI is InChI=1S/C11H20N6O7/c12-4(2-18)8-16-9(24-17-8)5(1-7(13)20)14-11(23)15-6(3-19)10(21)22/h4-6,10,18-19,21-22H,1-3,12H2,(H2,13,20)(H2,14,15,23)/t4-,5-,6-/m0/s1. The molecule has 1 heterocycles. The van der Waals surface area contributed by atoms with Gasteiger partial charge in [-0.3, -0.25) is 4.79 Å². The average Bonchev–Trinajstić information content (AvgIpc) is 3.00. The molecule has 0 radical (unpaired) electrons. The predicted octanol–water partition coefficient (Wildman–Crippen LogP) is -4.05. The van der Waals surface area contributed by atoms with Crippen molar-refractivity contribution in [3.8, 4) is 0 Å². The lowest BCUT2D eigenvalue weighted by atomic mass is 10.2. The van der Waals surface area contributed by atoms with E-state index in [0.717, 1.165) is 0 Å². The molecule has 136 valence electrons. The number of carbonyl (C=O) groups is 2. The van der Waals surface area contributed by atoms with E-state index in [4.69, 9.17) is 36.4 Å². The largest absolute Gasteiger partial charge is 0.394 e. The zero-order valence-corrected chi connectivity index (χ0v) is 12.5. The fourth-order valence-electron chi connectivity index (χ4n) is 1.61. The summed E-state index contributed by atoms with van der Waals surface area (Å²) in [4.78, 5) is 26.8. The first-order chi connectivity index (χ1) is 11.3. The van der Waals surface area contributed by atoms with Gasteiger partial charge in [0, 0.05) is 0 Å². The highest BCUT2D eigenvalue weighted by atomic mass is 16.5. The molecule has 3 atom stereocenters. The molecule has 0 unspecified atom stereocenters. The van der Waals surface area contributed by atoms with Crippen LogP contribution in [0.1, 0.15) is 30.2 Å². The summed E-state index contributed by atoms with van der Waals surface area (Å²) in [5.41, 5.74) is 10.6. The first kappa shape index (κ1) is 19.7. The molecule has 0 aromatic carbocycles. The second-order valence-corrected chi connectivity index (χ2v) is 4.82. The number of urea groups is 1. The molecule has 0 spiro atoms. The molecule has 0 saturated heterocycles. The quantitative estimate of drug-likeness (QED) is 0.201. The molecule has 0 fully saturated rings. The summed E-state index contributed by atoms with van der Waals surface area (Å²) >= 11 is 0. The van der Waals surface area contributed by atoms with Crippen LogP contribution in [0.25, 0.3) is 0 Å². The number of hydrogen-bond donors (Lipinski definition) is 8. The number of hydrogen-bond acceptors (Lipinski definition) is 10. The number of aliphatic hydroxyl groups is 4. The Labute approximate surface area is 135 Å². The Hall–Kier alpha value is -2.32. The zero-order valence-electron chi connectivity index (χ0n) is 12.5. The van der Waals surface area contributed by atoms with Crippen molar-refractivity contribution in [3.05, 3.63) is 11.7 Å². The number of primary amides is 1. The number of carbonyl (C=O) groups excluding carboxylic acids is 2. The van der Waals surface area contributed by atoms with Crippen molar-refractivity contribution in [2.45, 2.75) is 30.8 Å². The highest BCUT2D eigenvalue weighted by Crippen LogP contribution is 2.16. The van der Waals surface area contributed by atoms with Crippen LogP contribution in [0, 0.1) is 0 Å². The van der Waals surface area contributed by atoms with E-state index in [-0.39, 0.29) is 11.7 Å². The van der Waals surface area contributed by atoms with Gasteiger partial charge in [0.05, 0.1) is 25.7 Å². The lowest BCUT2D eigenvalue weighted by Crippen LogP contribution is -2.50. The summed E-state index contributed by atoms with van der Waals surface area (Å²) in [7, 11) is 0. The van der Waals surface area contributed by atoms with E-state index in [0.29, 0.717) is 0 Å². The molecule has 3 amide bonds. The van der Waals surface area contributed by atoms with Crippen LogP contribution >= 0.6 is 0 Å². The van der Waals surface area contributed by atoms with Crippen LogP contribution in [-0.4, -0.2) is 68.1 Å². The van der Waals surface area contributed by atoms with E-state index in [1.807, 2.05) is 0 Å². The minimum Gasteiger partial charge on any atom is -0.394 e. The number of amides is 3. The summed E-state index contributed by atoms with van der Waals surface area (Å²) < 4.78 is 4.88. The Morgan fingerprint density at radius 1 is 1.21 bits per heavy atom. The van der Waals surface area contributed by atoms with E-state index in [9.17, 15) is 9.59 Å². The van der Waals surface area contributed by atoms with Crippen LogP contribution in [0.4, 0.5) is 4.79 Å². The molecule has 10 N–H and O–H groups in total. The first-order valence-electron chi connectivity index (χ1n) is 6.80. The highest BCUT2D eigenvalue weighted by Gasteiger charge is 2.26. The van der Waals surface area contributed by atoms with Gasteiger partial charge in [0.1, 0.15) is 12.1 Å². The van der Waals surface area contributed by atoms with Gasteiger partial charge in [-0.05, 0) is 0 Å². The van der Waals surface area contributed by atoms with E-state index in [2.05, 4.69) is 20.8 Å². The second kappa shape index (κ2) is 9.09. The van der Waals surface area contributed by atoms with Crippen molar-refractivity contribution >= 4 is 11.9 Å². The zero-order chi connectivity index (χ0) is 18.3. The third-order valence-electron chi connectivity index (χ3n) is 2.87. The molecular weight excluding hydrogens is 328 g/mol. The number of nitrogens with one attached hydrogen (secondary N) is 2. The van der Waals surface area contributed by atoms with Gasteiger partial charge in [-0.25, -0.2) is 4.79 Å². The molecule has 0 aliphatic heterocycles. The minimum absolute atomic E-state index is 0.0387. The Kier molecular flexibility index (Phi) is 7.47. The molecule has 1 aromatic rings. The van der Waals surface area contributed by atoms with Gasteiger partial charge in [-0.15, -0.1) is 0 Å². The fourth-order valence-corrected chi connectivity index (χ4v) is 1.61. The van der Waals surface area contributed by atoms with Crippen molar-refractivity contribution in [1.82, 2.24) is 20.8 Å². The molecule has 13 heteroatoms. The summed E-state index contributed by atoms with van der Waals surface area (Å²) in [6.07, 6.45) is -2.39. The average molecular weight is 348 g/mol. The van der Waals surface area contributed by atoms with Crippen LogP contribution in [0.2, 0.25) is 0 Å². The maximum Gasteiger partial charge on any atom is 0.315 e. The first-order valence-corrected chi connectivity index (χ1v) is 6.80. The molecular formula is C11H20N6O7. The predicted molar refractivity (Wildman–Crippen MR) is 75.6 cm³/mol. The molecule has 0 aliphatic rings. The van der Waals surface area contributed by atoms with Crippen molar-refractivity contribution in [3.63, 3.8) is 0 Å². The van der Waals surface area contributed by atoms with E-state index in [1.54, 1.807) is 0 Å². The topological polar surface area (TPSA) is 230 Å². The number of rotatable bonds is 9. The van der Waals surface area contributed by atoms with Crippen molar-refractivity contribution in [2.24, 2.45) is 11.5 Å². The van der Waals surface area contributed by atoms with Crippen LogP contribution in [0.3, 0.4) is 0 Å². The smallest absolute Gasteiger partial charge is 0.315 e. The Balaban J connectivity index is 2.83. The molecule has 0 aliphatic carbocycles. The Bertz CT molecular complexity index is 551. The SMILES string of the molecule is NC(=O)C[C@H](NC(=O)N[C@@H](CO)C(O)O)c1nc([C@@H](N)CO)no1. The van der Waals surface area contributed by atoms with Gasteiger partial charge in [0.25, 0.3) is 0 Å². The van der Waals surface area contributed by atoms with E-state index < -0.39 is 56.0 Å². The molecule has 0 saturated carbocycles. The second-order valence-electron chi connectivity index (χ2n) is 4.82. The molecule has 1 rings (SSSR count). The monoisotopic (exact) mass is 348 g/mol. The van der Waals surface area contributed by atoms with Gasteiger partial charge in [0.15, 0.2) is 12.1 Å². The number of nitrogens with two attached hydrogens (primary N) is 2. The maximum absolute atomic E-state index is 11.8. The Morgan fingerprint density at radius 2 is 1.88 bits per heavy atom. The maximum atomic E-state index is 11.8. The Morgan fingerprint density at radius 3 is 2.38 bits per heavy atom. The number of aliphatic hydroxyl groups excluding tert-OH is 3. The van der Waals surface area contributed by atoms with Crippen molar-refractivity contribution in [1.29, 1.82) is 0 Å². The van der Waals surface area contributed by atoms with Gasteiger partial charge in [-0.1, -0.05) is 5.16 Å². The molecule has 24 heavy (non-hydrogen) atoms. The molecule has 0 bridgehead atoms. The van der Waals surface area contributed by atoms with Crippen LogP contribution < -0.4 is 22.1 Å². The summed E-state index contributed by atoms with van der Waals surface area (Å²) in [6, 6.07) is -4.32.